The molecule has 0 radical (unpaired) electrons. The van der Waals surface area contributed by atoms with Crippen LogP contribution < -0.4 is 11.1 Å². The lowest BCUT2D eigenvalue weighted by Crippen LogP contribution is -2.27. The summed E-state index contributed by atoms with van der Waals surface area (Å²) in [6.07, 6.45) is 1.58. The van der Waals surface area contributed by atoms with Gasteiger partial charge in [0.2, 0.25) is 10.1 Å². The van der Waals surface area contributed by atoms with E-state index in [1.165, 1.54) is 0 Å². The number of nitrogens with zero attached hydrogens (tertiary/aromatic N) is 2. The molecule has 1 heterocycles. The van der Waals surface area contributed by atoms with E-state index in [1.807, 2.05) is 0 Å². The average molecular weight is 234 g/mol. The third kappa shape index (κ3) is 3.38. The van der Waals surface area contributed by atoms with Gasteiger partial charge in [-0.2, -0.15) is 0 Å². The van der Waals surface area contributed by atoms with Crippen LogP contribution in [0.2, 0.25) is 0 Å². The van der Waals surface area contributed by atoms with Gasteiger partial charge in [-0.3, -0.25) is 9.00 Å². The molecule has 8 heteroatoms. The minimum atomic E-state index is -0.905. The number of hydrogen-bond donors (Lipinski definition) is 2. The maximum Gasteiger partial charge on any atom is 0.282 e. The molecule has 6 nitrogen and oxygen atoms in total. The molecule has 0 aromatic carbocycles. The summed E-state index contributed by atoms with van der Waals surface area (Å²) < 4.78 is 10.7. The molecule has 0 bridgehead atoms. The zero-order valence-corrected chi connectivity index (χ0v) is 9.15. The third-order valence-electron chi connectivity index (χ3n) is 1.31. The van der Waals surface area contributed by atoms with E-state index in [0.29, 0.717) is 12.3 Å². The largest absolute Gasteiger partial charge is 0.374 e. The van der Waals surface area contributed by atoms with E-state index < -0.39 is 10.8 Å². The number of amides is 1. The Morgan fingerprint density at radius 2 is 2.36 bits per heavy atom. The van der Waals surface area contributed by atoms with Gasteiger partial charge in [-0.25, -0.2) is 0 Å². The molecule has 1 amide bonds. The average Bonchev–Trinajstić information content (AvgIpc) is 2.51. The summed E-state index contributed by atoms with van der Waals surface area (Å²) in [4.78, 5) is 11.3. The standard InChI is InChI=1S/C6H10N4O2S2/c1-14(12)3-2-8-4(11)5-9-10-6(7)13-5/h2-3H2,1H3,(H2,7,10)(H,8,11). The normalized spacial score (nSPS) is 12.4. The van der Waals surface area contributed by atoms with Gasteiger partial charge in [0.1, 0.15) is 0 Å². The Kier molecular flexibility index (Phi) is 3.96. The highest BCUT2D eigenvalue weighted by atomic mass is 32.2. The van der Waals surface area contributed by atoms with Crippen LogP contribution >= 0.6 is 11.3 Å². The summed E-state index contributed by atoms with van der Waals surface area (Å²) in [5, 5.41) is 10.1. The van der Waals surface area contributed by atoms with Crippen LogP contribution in [0.3, 0.4) is 0 Å². The van der Waals surface area contributed by atoms with Crippen LogP contribution in [0, 0.1) is 0 Å². The Labute approximate surface area is 87.4 Å². The summed E-state index contributed by atoms with van der Waals surface area (Å²) in [5.74, 6) is 0.102. The van der Waals surface area contributed by atoms with Crippen molar-refractivity contribution in [2.45, 2.75) is 0 Å². The molecule has 0 saturated heterocycles. The van der Waals surface area contributed by atoms with Gasteiger partial charge in [0.15, 0.2) is 0 Å². The number of anilines is 1. The van der Waals surface area contributed by atoms with Gasteiger partial charge in [-0.05, 0) is 0 Å². The Bertz CT molecular complexity index is 351. The fourth-order valence-corrected chi connectivity index (χ4v) is 1.63. The van der Waals surface area contributed by atoms with Crippen LogP contribution in [0.25, 0.3) is 0 Å². The van der Waals surface area contributed by atoms with E-state index in [0.717, 1.165) is 11.3 Å². The third-order valence-corrected chi connectivity index (χ3v) is 2.84. The van der Waals surface area contributed by atoms with Gasteiger partial charge >= 0.3 is 0 Å². The minimum absolute atomic E-state index is 0.226. The lowest BCUT2D eigenvalue weighted by molar-refractivity contribution is 0.0955. The Hall–Kier alpha value is -1.02. The quantitative estimate of drug-likeness (QED) is 0.712. The van der Waals surface area contributed by atoms with Gasteiger partial charge in [-0.15, -0.1) is 10.2 Å². The molecule has 0 aliphatic rings. The first-order valence-corrected chi connectivity index (χ1v) is 6.31. The van der Waals surface area contributed by atoms with Crippen LogP contribution in [-0.2, 0) is 10.8 Å². The number of carbonyl (C=O) groups excluding carboxylic acids is 1. The number of nitrogen functional groups attached to an aromatic ring is 1. The second-order valence-corrected chi connectivity index (χ2v) is 5.04. The summed E-state index contributed by atoms with van der Waals surface area (Å²) in [7, 11) is -0.905. The van der Waals surface area contributed by atoms with Crippen molar-refractivity contribution in [2.75, 3.05) is 24.3 Å². The number of hydrogen-bond acceptors (Lipinski definition) is 6. The fourth-order valence-electron chi connectivity index (χ4n) is 0.710. The molecule has 0 saturated carbocycles. The molecule has 1 aromatic rings. The Balaban J connectivity index is 2.39. The minimum Gasteiger partial charge on any atom is -0.374 e. The van der Waals surface area contributed by atoms with Crippen molar-refractivity contribution in [3.05, 3.63) is 5.01 Å². The summed E-state index contributed by atoms with van der Waals surface area (Å²) in [6.45, 7) is 0.363. The zero-order chi connectivity index (χ0) is 10.6. The SMILES string of the molecule is CS(=O)CCNC(=O)c1nnc(N)s1. The molecule has 1 aromatic heterocycles. The van der Waals surface area contributed by atoms with Crippen LogP contribution in [0.4, 0.5) is 5.13 Å². The van der Waals surface area contributed by atoms with Crippen LogP contribution in [-0.4, -0.2) is 38.9 Å². The van der Waals surface area contributed by atoms with Gasteiger partial charge in [-0.1, -0.05) is 11.3 Å². The van der Waals surface area contributed by atoms with E-state index in [-0.39, 0.29) is 16.0 Å². The molecule has 1 rings (SSSR count). The molecular weight excluding hydrogens is 224 g/mol. The van der Waals surface area contributed by atoms with E-state index in [4.69, 9.17) is 5.73 Å². The molecule has 1 unspecified atom stereocenters. The van der Waals surface area contributed by atoms with Crippen molar-refractivity contribution < 1.29 is 9.00 Å². The first-order valence-electron chi connectivity index (χ1n) is 3.77. The monoisotopic (exact) mass is 234 g/mol. The van der Waals surface area contributed by atoms with E-state index in [2.05, 4.69) is 15.5 Å². The summed E-state index contributed by atoms with van der Waals surface area (Å²) in [6, 6.07) is 0. The topological polar surface area (TPSA) is 98.0 Å². The number of carbonyl (C=O) groups is 1. The second kappa shape index (κ2) is 5.01. The molecule has 78 valence electrons. The zero-order valence-electron chi connectivity index (χ0n) is 7.52. The molecule has 0 spiro atoms. The molecule has 14 heavy (non-hydrogen) atoms. The molecule has 0 aliphatic carbocycles. The van der Waals surface area contributed by atoms with Crippen molar-refractivity contribution in [3.8, 4) is 0 Å². The van der Waals surface area contributed by atoms with Crippen molar-refractivity contribution >= 4 is 33.2 Å². The highest BCUT2D eigenvalue weighted by molar-refractivity contribution is 7.84. The van der Waals surface area contributed by atoms with E-state index in [1.54, 1.807) is 6.26 Å². The van der Waals surface area contributed by atoms with Gasteiger partial charge in [0.25, 0.3) is 5.91 Å². The number of nitrogens with one attached hydrogen (secondary N) is 1. The van der Waals surface area contributed by atoms with Crippen LogP contribution in [0.1, 0.15) is 9.80 Å². The van der Waals surface area contributed by atoms with Gasteiger partial charge in [0.05, 0.1) is 0 Å². The first kappa shape index (κ1) is 11.1. The summed E-state index contributed by atoms with van der Waals surface area (Å²) in [5.41, 5.74) is 5.31. The smallest absolute Gasteiger partial charge is 0.282 e. The molecule has 0 aliphatic heterocycles. The number of rotatable bonds is 4. The molecular formula is C6H10N4O2S2. The highest BCUT2D eigenvalue weighted by Crippen LogP contribution is 2.09. The fraction of sp³-hybridized carbons (Fsp3) is 0.500. The lowest BCUT2D eigenvalue weighted by atomic mass is 10.6. The maximum absolute atomic E-state index is 11.3. The molecule has 1 atom stereocenters. The maximum atomic E-state index is 11.3. The van der Waals surface area contributed by atoms with Crippen molar-refractivity contribution in [3.63, 3.8) is 0 Å². The molecule has 3 N–H and O–H groups in total. The van der Waals surface area contributed by atoms with Crippen LogP contribution in [0.5, 0.6) is 0 Å². The Morgan fingerprint density at radius 1 is 1.64 bits per heavy atom. The van der Waals surface area contributed by atoms with Crippen molar-refractivity contribution in [1.29, 1.82) is 0 Å². The predicted octanol–water partition coefficient (Wildman–Crippen LogP) is -0.771. The summed E-state index contributed by atoms with van der Waals surface area (Å²) >= 11 is 1.02. The number of nitrogens with two attached hydrogens (primary N) is 1. The van der Waals surface area contributed by atoms with Crippen LogP contribution in [0.15, 0.2) is 0 Å². The Morgan fingerprint density at radius 3 is 2.86 bits per heavy atom. The number of aromatic nitrogens is 2. The predicted molar refractivity (Wildman–Crippen MR) is 55.6 cm³/mol. The molecule has 0 fully saturated rings. The van der Waals surface area contributed by atoms with E-state index in [9.17, 15) is 9.00 Å². The van der Waals surface area contributed by atoms with Crippen molar-refractivity contribution in [2.24, 2.45) is 0 Å². The van der Waals surface area contributed by atoms with Gasteiger partial charge in [0, 0.05) is 29.4 Å². The lowest BCUT2D eigenvalue weighted by Gasteiger charge is -1.99. The second-order valence-electron chi connectivity index (χ2n) is 2.48. The van der Waals surface area contributed by atoms with Gasteiger partial charge < -0.3 is 11.1 Å². The highest BCUT2D eigenvalue weighted by Gasteiger charge is 2.10. The van der Waals surface area contributed by atoms with E-state index >= 15 is 0 Å². The first-order chi connectivity index (χ1) is 6.59. The van der Waals surface area contributed by atoms with Crippen molar-refractivity contribution in [1.82, 2.24) is 15.5 Å².